The van der Waals surface area contributed by atoms with Crippen LogP contribution in [0.4, 0.5) is 0 Å². The summed E-state index contributed by atoms with van der Waals surface area (Å²) < 4.78 is 0. The van der Waals surface area contributed by atoms with Crippen molar-refractivity contribution in [3.63, 3.8) is 0 Å². The van der Waals surface area contributed by atoms with Crippen molar-refractivity contribution >= 4 is 0 Å². The number of β-amino-alcohol motifs (C(OH)–C–C–N with tert-alkyl or cyclic N) is 1. The molecule has 0 bridgehead atoms. The number of nitrogens with one attached hydrogen (secondary N) is 1. The minimum absolute atomic E-state index is 0.256. The summed E-state index contributed by atoms with van der Waals surface area (Å²) in [4.78, 5) is 4.92. The van der Waals surface area contributed by atoms with E-state index in [9.17, 15) is 5.11 Å². The van der Waals surface area contributed by atoms with Crippen molar-refractivity contribution < 1.29 is 5.11 Å². The van der Waals surface area contributed by atoms with Crippen LogP contribution in [-0.4, -0.2) is 63.4 Å². The molecular weight excluding hydrogens is 324 g/mol. The average Bonchev–Trinajstić information content (AvgIpc) is 2.95. The van der Waals surface area contributed by atoms with E-state index in [-0.39, 0.29) is 6.10 Å². The van der Waals surface area contributed by atoms with Crippen LogP contribution < -0.4 is 0 Å². The van der Waals surface area contributed by atoms with Gasteiger partial charge in [-0.15, -0.1) is 0 Å². The molecule has 1 aromatic carbocycles. The van der Waals surface area contributed by atoms with E-state index in [1.807, 2.05) is 12.3 Å². The first-order valence-electron chi connectivity index (χ1n) is 10.0. The lowest BCUT2D eigenvalue weighted by molar-refractivity contribution is -0.0143. The van der Waals surface area contributed by atoms with Gasteiger partial charge < -0.3 is 5.11 Å². The lowest BCUT2D eigenvalue weighted by Gasteiger charge is -2.41. The molecule has 0 radical (unpaired) electrons. The number of aliphatic hydroxyl groups excluding tert-OH is 1. The third kappa shape index (κ3) is 4.00. The highest BCUT2D eigenvalue weighted by molar-refractivity contribution is 5.62. The van der Waals surface area contributed by atoms with Gasteiger partial charge in [0.2, 0.25) is 0 Å². The van der Waals surface area contributed by atoms with Gasteiger partial charge in [0.05, 0.1) is 18.0 Å². The number of aromatic amines is 1. The van der Waals surface area contributed by atoms with Crippen molar-refractivity contribution in [2.45, 2.75) is 50.8 Å². The standard InChI is InChI=1S/C21H30N4O/c26-20-16-24(13-10-19(20)25-11-6-1-2-7-12-25)15-18-14-22-23-21(18)17-8-4-3-5-9-17/h3-5,8-9,14,19-20,26H,1-2,6-7,10-13,15-16H2,(H,22,23)/t19-,20-/m1/s1. The molecule has 2 atom stereocenters. The first kappa shape index (κ1) is 17.7. The SMILES string of the molecule is O[C@@H]1CN(Cc2cn[nH]c2-c2ccccc2)CC[C@H]1N1CCCCCC1. The molecule has 2 aromatic rings. The summed E-state index contributed by atoms with van der Waals surface area (Å²) in [5, 5.41) is 18.2. The molecule has 140 valence electrons. The molecule has 2 aliphatic rings. The van der Waals surface area contributed by atoms with E-state index < -0.39 is 0 Å². The summed E-state index contributed by atoms with van der Waals surface area (Å²) in [5.41, 5.74) is 3.46. The number of rotatable bonds is 4. The fourth-order valence-corrected chi connectivity index (χ4v) is 4.51. The molecule has 2 fully saturated rings. The monoisotopic (exact) mass is 354 g/mol. The molecule has 3 heterocycles. The molecule has 0 amide bonds. The molecule has 0 unspecified atom stereocenters. The van der Waals surface area contributed by atoms with Crippen LogP contribution in [-0.2, 0) is 6.54 Å². The van der Waals surface area contributed by atoms with Gasteiger partial charge in [-0.05, 0) is 37.9 Å². The molecular formula is C21H30N4O. The van der Waals surface area contributed by atoms with Gasteiger partial charge in [0.15, 0.2) is 0 Å². The van der Waals surface area contributed by atoms with Crippen molar-refractivity contribution in [3.05, 3.63) is 42.1 Å². The third-order valence-corrected chi connectivity index (χ3v) is 5.91. The number of H-pyrrole nitrogens is 1. The fraction of sp³-hybridized carbons (Fsp3) is 0.571. The molecule has 5 nitrogen and oxygen atoms in total. The Morgan fingerprint density at radius 2 is 1.81 bits per heavy atom. The summed E-state index contributed by atoms with van der Waals surface area (Å²) in [6.07, 6.45) is 7.97. The zero-order chi connectivity index (χ0) is 17.8. The van der Waals surface area contributed by atoms with Crippen molar-refractivity contribution in [1.82, 2.24) is 20.0 Å². The van der Waals surface area contributed by atoms with Crippen LogP contribution in [0.15, 0.2) is 36.5 Å². The Hall–Kier alpha value is -1.69. The molecule has 5 heteroatoms. The van der Waals surface area contributed by atoms with E-state index in [0.29, 0.717) is 6.04 Å². The number of hydrogen-bond donors (Lipinski definition) is 2. The Morgan fingerprint density at radius 1 is 1.04 bits per heavy atom. The minimum atomic E-state index is -0.256. The maximum atomic E-state index is 10.8. The van der Waals surface area contributed by atoms with Crippen LogP contribution in [0.25, 0.3) is 11.3 Å². The average molecular weight is 354 g/mol. The quantitative estimate of drug-likeness (QED) is 0.886. The molecule has 2 saturated heterocycles. The molecule has 0 aliphatic carbocycles. The van der Waals surface area contributed by atoms with Crippen LogP contribution >= 0.6 is 0 Å². The maximum Gasteiger partial charge on any atom is 0.0822 e. The number of hydrogen-bond acceptors (Lipinski definition) is 4. The topological polar surface area (TPSA) is 55.4 Å². The third-order valence-electron chi connectivity index (χ3n) is 5.91. The second kappa shape index (κ2) is 8.33. The normalized spacial score (nSPS) is 25.9. The number of likely N-dealkylation sites (tertiary alicyclic amines) is 2. The highest BCUT2D eigenvalue weighted by Gasteiger charge is 2.32. The van der Waals surface area contributed by atoms with Crippen molar-refractivity contribution in [2.75, 3.05) is 26.2 Å². The van der Waals surface area contributed by atoms with Crippen LogP contribution in [0, 0.1) is 0 Å². The van der Waals surface area contributed by atoms with E-state index >= 15 is 0 Å². The number of nitrogens with zero attached hydrogens (tertiary/aromatic N) is 3. The van der Waals surface area contributed by atoms with Crippen LogP contribution in [0.3, 0.4) is 0 Å². The van der Waals surface area contributed by atoms with Gasteiger partial charge in [0.25, 0.3) is 0 Å². The number of benzene rings is 1. The predicted octanol–water partition coefficient (Wildman–Crippen LogP) is 2.89. The van der Waals surface area contributed by atoms with Crippen molar-refractivity contribution in [2.24, 2.45) is 0 Å². The van der Waals surface area contributed by atoms with Gasteiger partial charge >= 0.3 is 0 Å². The predicted molar refractivity (Wildman–Crippen MR) is 104 cm³/mol. The summed E-state index contributed by atoms with van der Waals surface area (Å²) in [6.45, 7) is 4.94. The summed E-state index contributed by atoms with van der Waals surface area (Å²) in [6, 6.07) is 10.7. The zero-order valence-corrected chi connectivity index (χ0v) is 15.5. The van der Waals surface area contributed by atoms with Gasteiger partial charge in [0.1, 0.15) is 0 Å². The van der Waals surface area contributed by atoms with E-state index in [1.165, 1.54) is 36.8 Å². The van der Waals surface area contributed by atoms with Gasteiger partial charge in [-0.1, -0.05) is 43.2 Å². The first-order valence-corrected chi connectivity index (χ1v) is 10.0. The molecule has 2 aliphatic heterocycles. The summed E-state index contributed by atoms with van der Waals surface area (Å²) in [5.74, 6) is 0. The molecule has 0 spiro atoms. The fourth-order valence-electron chi connectivity index (χ4n) is 4.51. The van der Waals surface area contributed by atoms with E-state index in [4.69, 9.17) is 0 Å². The Bertz CT molecular complexity index is 678. The van der Waals surface area contributed by atoms with Crippen molar-refractivity contribution in [1.29, 1.82) is 0 Å². The Morgan fingerprint density at radius 3 is 2.54 bits per heavy atom. The van der Waals surface area contributed by atoms with E-state index in [0.717, 1.165) is 44.8 Å². The smallest absolute Gasteiger partial charge is 0.0822 e. The zero-order valence-electron chi connectivity index (χ0n) is 15.5. The Balaban J connectivity index is 1.39. The highest BCUT2D eigenvalue weighted by Crippen LogP contribution is 2.25. The second-order valence-electron chi connectivity index (χ2n) is 7.74. The van der Waals surface area contributed by atoms with Gasteiger partial charge in [-0.2, -0.15) is 5.10 Å². The number of aromatic nitrogens is 2. The molecule has 26 heavy (non-hydrogen) atoms. The minimum Gasteiger partial charge on any atom is -0.390 e. The van der Waals surface area contributed by atoms with Gasteiger partial charge in [-0.25, -0.2) is 0 Å². The molecule has 2 N–H and O–H groups in total. The number of piperidine rings is 1. The maximum absolute atomic E-state index is 10.8. The molecule has 0 saturated carbocycles. The Labute approximate surface area is 156 Å². The molecule has 4 rings (SSSR count). The Kier molecular flexibility index (Phi) is 5.68. The number of aliphatic hydroxyl groups is 1. The van der Waals surface area contributed by atoms with E-state index in [2.05, 4.69) is 44.3 Å². The van der Waals surface area contributed by atoms with Crippen molar-refractivity contribution in [3.8, 4) is 11.3 Å². The summed E-state index contributed by atoms with van der Waals surface area (Å²) >= 11 is 0. The largest absolute Gasteiger partial charge is 0.390 e. The van der Waals surface area contributed by atoms with Gasteiger partial charge in [-0.3, -0.25) is 14.9 Å². The summed E-state index contributed by atoms with van der Waals surface area (Å²) in [7, 11) is 0. The lowest BCUT2D eigenvalue weighted by Crippen LogP contribution is -2.54. The first-order chi connectivity index (χ1) is 12.8. The van der Waals surface area contributed by atoms with Crippen LogP contribution in [0.1, 0.15) is 37.7 Å². The van der Waals surface area contributed by atoms with Gasteiger partial charge in [0, 0.05) is 31.2 Å². The second-order valence-corrected chi connectivity index (χ2v) is 7.74. The van der Waals surface area contributed by atoms with Crippen LogP contribution in [0.5, 0.6) is 0 Å². The molecule has 1 aromatic heterocycles. The van der Waals surface area contributed by atoms with E-state index in [1.54, 1.807) is 0 Å². The van der Waals surface area contributed by atoms with Crippen LogP contribution in [0.2, 0.25) is 0 Å². The highest BCUT2D eigenvalue weighted by atomic mass is 16.3. The lowest BCUT2D eigenvalue weighted by atomic mass is 9.98.